The van der Waals surface area contributed by atoms with E-state index in [-0.39, 0.29) is 24.3 Å². The van der Waals surface area contributed by atoms with Gasteiger partial charge >= 0.3 is 0 Å². The molecule has 1 heterocycles. The van der Waals surface area contributed by atoms with Crippen LogP contribution < -0.4 is 5.32 Å². The molecule has 1 N–H and O–H groups in total. The van der Waals surface area contributed by atoms with Crippen LogP contribution in [-0.2, 0) is 4.79 Å². The first-order chi connectivity index (χ1) is 9.04. The summed E-state index contributed by atoms with van der Waals surface area (Å²) in [6.45, 7) is 2.16. The molecule has 100 valence electrons. The van der Waals surface area contributed by atoms with Crippen LogP contribution in [-0.4, -0.2) is 36.2 Å². The Morgan fingerprint density at radius 2 is 1.89 bits per heavy atom. The van der Waals surface area contributed by atoms with E-state index in [0.29, 0.717) is 24.0 Å². The number of nitrogens with zero attached hydrogens (tertiary/aromatic N) is 1. The summed E-state index contributed by atoms with van der Waals surface area (Å²) in [6, 6.07) is 5.23. The van der Waals surface area contributed by atoms with Gasteiger partial charge in [0.25, 0.3) is 11.8 Å². The van der Waals surface area contributed by atoms with Gasteiger partial charge in [0.05, 0.1) is 11.1 Å². The first-order valence-corrected chi connectivity index (χ1v) is 6.22. The third-order valence-electron chi connectivity index (χ3n) is 3.19. The SMILES string of the molecule is CNC(=O)CCCN1C(=O)c2ccc(C)cc2C1=O. The molecule has 19 heavy (non-hydrogen) atoms. The topological polar surface area (TPSA) is 66.5 Å². The highest BCUT2D eigenvalue weighted by Gasteiger charge is 2.34. The molecule has 0 aromatic heterocycles. The lowest BCUT2D eigenvalue weighted by molar-refractivity contribution is -0.120. The lowest BCUT2D eigenvalue weighted by atomic mass is 10.1. The lowest BCUT2D eigenvalue weighted by Crippen LogP contribution is -2.31. The van der Waals surface area contributed by atoms with Crippen LogP contribution in [0.25, 0.3) is 0 Å². The van der Waals surface area contributed by atoms with Crippen molar-refractivity contribution in [3.05, 3.63) is 34.9 Å². The molecule has 5 nitrogen and oxygen atoms in total. The molecule has 5 heteroatoms. The van der Waals surface area contributed by atoms with E-state index in [1.807, 2.05) is 13.0 Å². The highest BCUT2D eigenvalue weighted by Crippen LogP contribution is 2.24. The van der Waals surface area contributed by atoms with Gasteiger partial charge < -0.3 is 5.32 Å². The molecule has 0 fully saturated rings. The molecule has 0 bridgehead atoms. The quantitative estimate of drug-likeness (QED) is 0.825. The van der Waals surface area contributed by atoms with E-state index >= 15 is 0 Å². The number of carbonyl (C=O) groups is 3. The maximum Gasteiger partial charge on any atom is 0.261 e. The normalized spacial score (nSPS) is 13.7. The number of aryl methyl sites for hydroxylation is 1. The predicted octanol–water partition coefficient (Wildman–Crippen LogP) is 1.12. The lowest BCUT2D eigenvalue weighted by Gasteiger charge is -2.12. The van der Waals surface area contributed by atoms with Crippen molar-refractivity contribution in [1.29, 1.82) is 0 Å². The third kappa shape index (κ3) is 2.50. The van der Waals surface area contributed by atoms with Crippen LogP contribution in [0, 0.1) is 6.92 Å². The Kier molecular flexibility index (Phi) is 3.64. The van der Waals surface area contributed by atoms with Gasteiger partial charge in [0, 0.05) is 20.0 Å². The molecule has 0 spiro atoms. The molecule has 0 radical (unpaired) electrons. The highest BCUT2D eigenvalue weighted by atomic mass is 16.2. The van der Waals surface area contributed by atoms with Crippen molar-refractivity contribution in [2.24, 2.45) is 0 Å². The standard InChI is InChI=1S/C14H16N2O3/c1-9-5-6-10-11(8-9)14(19)16(13(10)18)7-3-4-12(17)15-2/h5-6,8H,3-4,7H2,1-2H3,(H,15,17). The molecule has 1 aliphatic heterocycles. The molecular formula is C14H16N2O3. The maximum atomic E-state index is 12.1. The van der Waals surface area contributed by atoms with Gasteiger partial charge in [-0.05, 0) is 25.5 Å². The number of hydrogen-bond acceptors (Lipinski definition) is 3. The van der Waals surface area contributed by atoms with Gasteiger partial charge in [0.1, 0.15) is 0 Å². The summed E-state index contributed by atoms with van der Waals surface area (Å²) in [4.78, 5) is 36.5. The van der Waals surface area contributed by atoms with Crippen LogP contribution in [0.15, 0.2) is 18.2 Å². The number of benzene rings is 1. The summed E-state index contributed by atoms with van der Waals surface area (Å²) in [5.74, 6) is -0.620. The Hall–Kier alpha value is -2.17. The van der Waals surface area contributed by atoms with Gasteiger partial charge in [-0.2, -0.15) is 0 Å². The van der Waals surface area contributed by atoms with E-state index in [1.54, 1.807) is 19.2 Å². The van der Waals surface area contributed by atoms with Crippen LogP contribution in [0.2, 0.25) is 0 Å². The average molecular weight is 260 g/mol. The van der Waals surface area contributed by atoms with E-state index < -0.39 is 0 Å². The molecule has 2 rings (SSSR count). The minimum Gasteiger partial charge on any atom is -0.359 e. The number of imide groups is 1. The molecule has 1 aromatic carbocycles. The number of carbonyl (C=O) groups excluding carboxylic acids is 3. The number of amides is 3. The van der Waals surface area contributed by atoms with Gasteiger partial charge in [-0.15, -0.1) is 0 Å². The van der Waals surface area contributed by atoms with E-state index in [4.69, 9.17) is 0 Å². The molecule has 0 saturated carbocycles. The Bertz CT molecular complexity index is 552. The van der Waals surface area contributed by atoms with Gasteiger partial charge in [-0.1, -0.05) is 11.6 Å². The monoisotopic (exact) mass is 260 g/mol. The highest BCUT2D eigenvalue weighted by molar-refractivity contribution is 6.21. The van der Waals surface area contributed by atoms with Gasteiger partial charge in [0.15, 0.2) is 0 Å². The second-order valence-electron chi connectivity index (χ2n) is 4.59. The molecule has 0 atom stereocenters. The maximum absolute atomic E-state index is 12.1. The first-order valence-electron chi connectivity index (χ1n) is 6.22. The Labute approximate surface area is 111 Å². The summed E-state index contributed by atoms with van der Waals surface area (Å²) in [7, 11) is 1.56. The minimum absolute atomic E-state index is 0.0903. The van der Waals surface area contributed by atoms with Crippen molar-refractivity contribution < 1.29 is 14.4 Å². The molecule has 0 aliphatic carbocycles. The van der Waals surface area contributed by atoms with Crippen molar-refractivity contribution in [1.82, 2.24) is 10.2 Å². The van der Waals surface area contributed by atoms with Crippen LogP contribution in [0.4, 0.5) is 0 Å². The fourth-order valence-electron chi connectivity index (χ4n) is 2.13. The zero-order valence-corrected chi connectivity index (χ0v) is 11.0. The average Bonchev–Trinajstić information content (AvgIpc) is 2.63. The fourth-order valence-corrected chi connectivity index (χ4v) is 2.13. The van der Waals surface area contributed by atoms with E-state index in [1.165, 1.54) is 4.90 Å². The smallest absolute Gasteiger partial charge is 0.261 e. The zero-order chi connectivity index (χ0) is 14.0. The van der Waals surface area contributed by atoms with E-state index in [0.717, 1.165) is 5.56 Å². The molecule has 0 unspecified atom stereocenters. The molecule has 3 amide bonds. The van der Waals surface area contributed by atoms with E-state index in [9.17, 15) is 14.4 Å². The first kappa shape index (κ1) is 13.3. The second kappa shape index (κ2) is 5.22. The van der Waals surface area contributed by atoms with E-state index in [2.05, 4.69) is 5.32 Å². The fraction of sp³-hybridized carbons (Fsp3) is 0.357. The molecular weight excluding hydrogens is 244 g/mol. The summed E-state index contributed by atoms with van der Waals surface area (Å²) >= 11 is 0. The van der Waals surface area contributed by atoms with Gasteiger partial charge in [-0.3, -0.25) is 19.3 Å². The zero-order valence-electron chi connectivity index (χ0n) is 11.0. The Morgan fingerprint density at radius 1 is 1.21 bits per heavy atom. The van der Waals surface area contributed by atoms with Crippen LogP contribution in [0.3, 0.4) is 0 Å². The number of hydrogen-bond donors (Lipinski definition) is 1. The van der Waals surface area contributed by atoms with Crippen LogP contribution >= 0.6 is 0 Å². The summed E-state index contributed by atoms with van der Waals surface area (Å²) in [6.07, 6.45) is 0.785. The predicted molar refractivity (Wildman–Crippen MR) is 69.8 cm³/mol. The summed E-state index contributed by atoms with van der Waals surface area (Å²) in [5.41, 5.74) is 1.87. The number of fused-ring (bicyclic) bond motifs is 1. The van der Waals surface area contributed by atoms with Crippen LogP contribution in [0.5, 0.6) is 0 Å². The second-order valence-corrected chi connectivity index (χ2v) is 4.59. The molecule has 1 aromatic rings. The van der Waals surface area contributed by atoms with Gasteiger partial charge in [-0.25, -0.2) is 0 Å². The number of nitrogens with one attached hydrogen (secondary N) is 1. The third-order valence-corrected chi connectivity index (χ3v) is 3.19. The van der Waals surface area contributed by atoms with Crippen molar-refractivity contribution >= 4 is 17.7 Å². The Morgan fingerprint density at radius 3 is 2.58 bits per heavy atom. The van der Waals surface area contributed by atoms with Crippen molar-refractivity contribution in [2.75, 3.05) is 13.6 Å². The number of rotatable bonds is 4. The van der Waals surface area contributed by atoms with Crippen molar-refractivity contribution in [2.45, 2.75) is 19.8 Å². The summed E-state index contributed by atoms with van der Waals surface area (Å²) in [5, 5.41) is 2.51. The minimum atomic E-state index is -0.267. The van der Waals surface area contributed by atoms with Gasteiger partial charge in [0.2, 0.25) is 5.91 Å². The van der Waals surface area contributed by atoms with Crippen molar-refractivity contribution in [3.63, 3.8) is 0 Å². The Balaban J connectivity index is 2.08. The van der Waals surface area contributed by atoms with Crippen LogP contribution in [0.1, 0.15) is 39.1 Å². The summed E-state index contributed by atoms with van der Waals surface area (Å²) < 4.78 is 0. The van der Waals surface area contributed by atoms with Crippen molar-refractivity contribution in [3.8, 4) is 0 Å². The molecule has 0 saturated heterocycles. The molecule has 1 aliphatic rings. The largest absolute Gasteiger partial charge is 0.359 e.